The molecule has 0 aliphatic carbocycles. The van der Waals surface area contributed by atoms with Gasteiger partial charge in [-0.25, -0.2) is 4.79 Å². The first-order valence-electron chi connectivity index (χ1n) is 5.99. The number of carboxylic acid groups (broad SMARTS) is 1. The lowest BCUT2D eigenvalue weighted by Gasteiger charge is -2.31. The maximum atomic E-state index is 11.5. The van der Waals surface area contributed by atoms with Crippen molar-refractivity contribution in [1.29, 1.82) is 0 Å². The lowest BCUT2D eigenvalue weighted by Crippen LogP contribution is -2.45. The summed E-state index contributed by atoms with van der Waals surface area (Å²) in [4.78, 5) is 23.6. The molecule has 1 fully saturated rings. The van der Waals surface area contributed by atoms with Crippen LogP contribution >= 0.6 is 0 Å². The smallest absolute Gasteiger partial charge is 0.317 e. The van der Waals surface area contributed by atoms with Crippen LogP contribution in [0.1, 0.15) is 26.2 Å². The first kappa shape index (κ1) is 13.8. The van der Waals surface area contributed by atoms with Crippen LogP contribution in [0.15, 0.2) is 0 Å². The number of hydrogen-bond acceptors (Lipinski definition) is 3. The Morgan fingerprint density at radius 2 is 2.06 bits per heavy atom. The summed E-state index contributed by atoms with van der Waals surface area (Å²) in [5.74, 6) is -0.843. The maximum absolute atomic E-state index is 11.5. The molecule has 0 aromatic rings. The Morgan fingerprint density at radius 3 is 2.59 bits per heavy atom. The minimum absolute atomic E-state index is 0.0310. The molecule has 1 aliphatic rings. The van der Waals surface area contributed by atoms with Crippen molar-refractivity contribution in [2.75, 3.05) is 26.2 Å². The lowest BCUT2D eigenvalue weighted by molar-refractivity contribution is -0.138. The minimum atomic E-state index is -0.843. The molecule has 0 bridgehead atoms. The molecular formula is C11H20N2O4. The first-order valence-corrected chi connectivity index (χ1v) is 5.99. The van der Waals surface area contributed by atoms with Crippen LogP contribution < -0.4 is 5.32 Å². The molecule has 6 nitrogen and oxygen atoms in total. The highest BCUT2D eigenvalue weighted by molar-refractivity contribution is 5.74. The van der Waals surface area contributed by atoms with E-state index in [9.17, 15) is 9.59 Å². The van der Waals surface area contributed by atoms with Gasteiger partial charge >= 0.3 is 12.0 Å². The zero-order valence-electron chi connectivity index (χ0n) is 10.1. The third kappa shape index (κ3) is 5.04. The van der Waals surface area contributed by atoms with Crippen LogP contribution in [-0.4, -0.2) is 54.4 Å². The van der Waals surface area contributed by atoms with Gasteiger partial charge in [-0.15, -0.1) is 0 Å². The van der Waals surface area contributed by atoms with Gasteiger partial charge in [0.05, 0.1) is 19.1 Å². The predicted octanol–water partition coefficient (Wildman–Crippen LogP) is 0.672. The number of piperidine rings is 1. The fraction of sp³-hybridized carbons (Fsp3) is 0.818. The number of rotatable bonds is 5. The first-order chi connectivity index (χ1) is 8.13. The zero-order valence-corrected chi connectivity index (χ0v) is 10.1. The highest BCUT2D eigenvalue weighted by atomic mass is 16.5. The molecule has 0 spiro atoms. The van der Waals surface area contributed by atoms with Gasteiger partial charge in [0.15, 0.2) is 0 Å². The topological polar surface area (TPSA) is 78.9 Å². The van der Waals surface area contributed by atoms with Crippen LogP contribution in [0.2, 0.25) is 0 Å². The monoisotopic (exact) mass is 244 g/mol. The molecule has 17 heavy (non-hydrogen) atoms. The van der Waals surface area contributed by atoms with E-state index in [0.717, 1.165) is 12.8 Å². The van der Waals surface area contributed by atoms with Crippen molar-refractivity contribution in [2.45, 2.75) is 32.3 Å². The van der Waals surface area contributed by atoms with Crippen LogP contribution in [0.3, 0.4) is 0 Å². The van der Waals surface area contributed by atoms with Gasteiger partial charge in [-0.05, 0) is 19.8 Å². The third-order valence-corrected chi connectivity index (χ3v) is 2.73. The van der Waals surface area contributed by atoms with Crippen molar-refractivity contribution in [3.8, 4) is 0 Å². The van der Waals surface area contributed by atoms with Crippen molar-refractivity contribution in [2.24, 2.45) is 0 Å². The minimum Gasteiger partial charge on any atom is -0.481 e. The van der Waals surface area contributed by atoms with Gasteiger partial charge in [0.25, 0.3) is 0 Å². The van der Waals surface area contributed by atoms with Gasteiger partial charge < -0.3 is 20.1 Å². The average Bonchev–Trinajstić information content (AvgIpc) is 2.30. The summed E-state index contributed by atoms with van der Waals surface area (Å²) < 4.78 is 5.44. The number of nitrogens with zero attached hydrogens (tertiary/aromatic N) is 1. The quantitative estimate of drug-likeness (QED) is 0.745. The summed E-state index contributed by atoms with van der Waals surface area (Å²) in [6.07, 6.45) is 1.67. The van der Waals surface area contributed by atoms with Gasteiger partial charge in [-0.2, -0.15) is 0 Å². The number of aliphatic carboxylic acids is 1. The molecule has 6 heteroatoms. The number of carbonyl (C=O) groups is 2. The van der Waals surface area contributed by atoms with Crippen LogP contribution in [0.4, 0.5) is 4.79 Å². The van der Waals surface area contributed by atoms with Gasteiger partial charge in [0.2, 0.25) is 0 Å². The summed E-state index contributed by atoms with van der Waals surface area (Å²) in [6.45, 7) is 4.11. The van der Waals surface area contributed by atoms with E-state index in [-0.39, 0.29) is 25.2 Å². The van der Waals surface area contributed by atoms with E-state index >= 15 is 0 Å². The van der Waals surface area contributed by atoms with Crippen molar-refractivity contribution in [1.82, 2.24) is 10.2 Å². The summed E-state index contributed by atoms with van der Waals surface area (Å²) in [5.41, 5.74) is 0. The number of carbonyl (C=O) groups excluding carboxylic acids is 1. The Labute approximate surface area is 101 Å². The number of hydrogen-bond donors (Lipinski definition) is 2. The third-order valence-electron chi connectivity index (χ3n) is 2.73. The molecule has 1 aliphatic heterocycles. The molecule has 0 atom stereocenters. The van der Waals surface area contributed by atoms with Crippen molar-refractivity contribution < 1.29 is 19.4 Å². The van der Waals surface area contributed by atoms with E-state index in [1.807, 2.05) is 6.92 Å². The Morgan fingerprint density at radius 1 is 1.41 bits per heavy atom. The van der Waals surface area contributed by atoms with E-state index in [1.165, 1.54) is 0 Å². The summed E-state index contributed by atoms with van der Waals surface area (Å²) in [7, 11) is 0. The maximum Gasteiger partial charge on any atom is 0.317 e. The Hall–Kier alpha value is -1.30. The SMILES string of the molecule is CCNC(=O)N1CCC(OCCC(=O)O)CC1. The fourth-order valence-electron chi connectivity index (χ4n) is 1.80. The molecule has 2 amide bonds. The molecule has 0 saturated carbocycles. The molecule has 98 valence electrons. The molecule has 2 N–H and O–H groups in total. The van der Waals surface area contributed by atoms with Crippen molar-refractivity contribution in [3.63, 3.8) is 0 Å². The Kier molecular flexibility index (Phi) is 5.76. The predicted molar refractivity (Wildman–Crippen MR) is 61.9 cm³/mol. The number of likely N-dealkylation sites (tertiary alicyclic amines) is 1. The van der Waals surface area contributed by atoms with E-state index < -0.39 is 5.97 Å². The number of urea groups is 1. The van der Waals surface area contributed by atoms with E-state index in [4.69, 9.17) is 9.84 Å². The standard InChI is InChI=1S/C11H20N2O4/c1-2-12-11(16)13-6-3-9(4-7-13)17-8-5-10(14)15/h9H,2-8H2,1H3,(H,12,16)(H,14,15). The zero-order chi connectivity index (χ0) is 12.7. The summed E-state index contributed by atoms with van der Waals surface area (Å²) in [5, 5.41) is 11.2. The molecule has 0 unspecified atom stereocenters. The molecule has 1 saturated heterocycles. The van der Waals surface area contributed by atoms with Gasteiger partial charge in [-0.1, -0.05) is 0 Å². The molecule has 1 heterocycles. The molecule has 0 aromatic heterocycles. The fourth-order valence-corrected chi connectivity index (χ4v) is 1.80. The van der Waals surface area contributed by atoms with Crippen LogP contribution in [0.25, 0.3) is 0 Å². The number of ether oxygens (including phenoxy) is 1. The molecule has 1 rings (SSSR count). The summed E-state index contributed by atoms with van der Waals surface area (Å²) in [6, 6.07) is -0.0310. The molecule has 0 radical (unpaired) electrons. The highest BCUT2D eigenvalue weighted by Crippen LogP contribution is 2.13. The van der Waals surface area contributed by atoms with E-state index in [1.54, 1.807) is 4.90 Å². The van der Waals surface area contributed by atoms with Crippen LogP contribution in [0, 0.1) is 0 Å². The second-order valence-corrected chi connectivity index (χ2v) is 4.04. The van der Waals surface area contributed by atoms with Gasteiger partial charge in [0.1, 0.15) is 0 Å². The van der Waals surface area contributed by atoms with Gasteiger partial charge in [-0.3, -0.25) is 4.79 Å². The lowest BCUT2D eigenvalue weighted by atomic mass is 10.1. The van der Waals surface area contributed by atoms with E-state index in [0.29, 0.717) is 19.6 Å². The van der Waals surface area contributed by atoms with Crippen molar-refractivity contribution >= 4 is 12.0 Å². The molecular weight excluding hydrogens is 224 g/mol. The number of amides is 2. The second-order valence-electron chi connectivity index (χ2n) is 4.04. The number of carboxylic acids is 1. The summed E-state index contributed by atoms with van der Waals surface area (Å²) >= 11 is 0. The van der Waals surface area contributed by atoms with Crippen LogP contribution in [-0.2, 0) is 9.53 Å². The Balaban J connectivity index is 2.17. The Bertz CT molecular complexity index is 262. The average molecular weight is 244 g/mol. The largest absolute Gasteiger partial charge is 0.481 e. The normalized spacial score (nSPS) is 16.9. The van der Waals surface area contributed by atoms with Crippen LogP contribution in [0.5, 0.6) is 0 Å². The van der Waals surface area contributed by atoms with Gasteiger partial charge in [0, 0.05) is 19.6 Å². The number of nitrogens with one attached hydrogen (secondary N) is 1. The second kappa shape index (κ2) is 7.11. The highest BCUT2D eigenvalue weighted by Gasteiger charge is 2.22. The van der Waals surface area contributed by atoms with Crippen molar-refractivity contribution in [3.05, 3.63) is 0 Å². The molecule has 0 aromatic carbocycles. The van der Waals surface area contributed by atoms with E-state index in [2.05, 4.69) is 5.32 Å².